The molecule has 1 aromatic heterocycles. The van der Waals surface area contributed by atoms with Crippen LogP contribution in [0.3, 0.4) is 0 Å². The number of allylic oxidation sites excluding steroid dienone is 2. The lowest BCUT2D eigenvalue weighted by atomic mass is 9.59. The molecule has 0 bridgehead atoms. The second kappa shape index (κ2) is 6.27. The molecular weight excluding hydrogens is 352 g/mol. The van der Waals surface area contributed by atoms with Gasteiger partial charge < -0.3 is 10.6 Å². The van der Waals surface area contributed by atoms with Crippen LogP contribution in [-0.4, -0.2) is 30.0 Å². The highest BCUT2D eigenvalue weighted by molar-refractivity contribution is 7.15. The predicted molar refractivity (Wildman–Crippen MR) is 93.3 cm³/mol. The second-order valence-electron chi connectivity index (χ2n) is 6.33. The van der Waals surface area contributed by atoms with Crippen LogP contribution in [0.25, 0.3) is 0 Å². The van der Waals surface area contributed by atoms with Gasteiger partial charge in [0.2, 0.25) is 0 Å². The number of nitro groups is 1. The third-order valence-electron chi connectivity index (χ3n) is 4.95. The molecule has 2 atom stereocenters. The summed E-state index contributed by atoms with van der Waals surface area (Å²) in [4.78, 5) is 13.1. The molecule has 26 heavy (non-hydrogen) atoms. The highest BCUT2D eigenvalue weighted by Crippen LogP contribution is 2.55. The molecule has 9 heteroatoms. The minimum Gasteiger partial charge on any atom is -0.399 e. The van der Waals surface area contributed by atoms with Crippen LogP contribution in [0.1, 0.15) is 10.8 Å². The maximum Gasteiger partial charge on any atom is 0.324 e. The Labute approximate surface area is 153 Å². The lowest BCUT2D eigenvalue weighted by Gasteiger charge is -2.44. The van der Waals surface area contributed by atoms with Gasteiger partial charge in [-0.15, -0.1) is 0 Å². The van der Waals surface area contributed by atoms with E-state index in [9.17, 15) is 25.9 Å². The number of rotatable bonds is 2. The van der Waals surface area contributed by atoms with Crippen LogP contribution < -0.4 is 5.73 Å². The molecule has 0 radical (unpaired) electrons. The molecule has 1 aliphatic heterocycles. The summed E-state index contributed by atoms with van der Waals surface area (Å²) < 4.78 is 0. The highest BCUT2D eigenvalue weighted by atomic mass is 32.1. The Morgan fingerprint density at radius 1 is 1.38 bits per heavy atom. The first kappa shape index (κ1) is 17.6. The lowest BCUT2D eigenvalue weighted by Crippen LogP contribution is -2.47. The van der Waals surface area contributed by atoms with E-state index in [0.717, 1.165) is 11.3 Å². The SMILES string of the molecule is CN1CC=C2C(C#N)=C(N)C(C#N)(C#N)[C@H](c3ccc([N+](=O)[O-])s3)[C@@H]2C1. The topological polar surface area (TPSA) is 144 Å². The molecule has 8 nitrogen and oxygen atoms in total. The van der Waals surface area contributed by atoms with Crippen LogP contribution in [0.4, 0.5) is 5.00 Å². The number of thiophene rings is 1. The van der Waals surface area contributed by atoms with Crippen molar-refractivity contribution in [3.05, 3.63) is 50.0 Å². The number of nitrogens with two attached hydrogens (primary N) is 1. The van der Waals surface area contributed by atoms with Gasteiger partial charge in [-0.3, -0.25) is 10.1 Å². The van der Waals surface area contributed by atoms with E-state index in [-0.39, 0.29) is 22.2 Å². The molecule has 2 heterocycles. The molecule has 2 N–H and O–H groups in total. The number of nitrogens with zero attached hydrogens (tertiary/aromatic N) is 5. The Kier molecular flexibility index (Phi) is 4.25. The number of hydrogen-bond donors (Lipinski definition) is 1. The highest BCUT2D eigenvalue weighted by Gasteiger charge is 2.55. The van der Waals surface area contributed by atoms with Crippen LogP contribution >= 0.6 is 11.3 Å². The lowest BCUT2D eigenvalue weighted by molar-refractivity contribution is -0.380. The van der Waals surface area contributed by atoms with E-state index in [1.54, 1.807) is 6.07 Å². The van der Waals surface area contributed by atoms with E-state index in [0.29, 0.717) is 23.5 Å². The van der Waals surface area contributed by atoms with Crippen LogP contribution in [-0.2, 0) is 0 Å². The first-order chi connectivity index (χ1) is 12.4. The number of hydrogen-bond acceptors (Lipinski definition) is 8. The van der Waals surface area contributed by atoms with E-state index >= 15 is 0 Å². The number of likely N-dealkylation sites (N-methyl/N-ethyl adjacent to an activating group) is 1. The van der Waals surface area contributed by atoms with Crippen molar-refractivity contribution in [2.24, 2.45) is 17.1 Å². The molecule has 0 amide bonds. The average molecular weight is 366 g/mol. The molecule has 0 fully saturated rings. The van der Waals surface area contributed by atoms with Crippen LogP contribution in [0.15, 0.2) is 35.1 Å². The molecule has 1 aliphatic carbocycles. The fourth-order valence-electron chi connectivity index (χ4n) is 3.74. The Bertz CT molecular complexity index is 957. The third kappa shape index (κ3) is 2.36. The average Bonchev–Trinajstić information content (AvgIpc) is 3.11. The Morgan fingerprint density at radius 3 is 2.62 bits per heavy atom. The van der Waals surface area contributed by atoms with Gasteiger partial charge in [-0.05, 0) is 18.7 Å². The van der Waals surface area contributed by atoms with Crippen LogP contribution in [0.2, 0.25) is 0 Å². The Hall–Kier alpha value is -3.19. The van der Waals surface area contributed by atoms with Crippen molar-refractivity contribution in [1.82, 2.24) is 4.90 Å². The number of fused-ring (bicyclic) bond motifs is 1. The zero-order valence-corrected chi connectivity index (χ0v) is 14.7. The largest absolute Gasteiger partial charge is 0.399 e. The molecule has 1 aromatic rings. The van der Waals surface area contributed by atoms with Crippen molar-refractivity contribution in [2.45, 2.75) is 5.92 Å². The van der Waals surface area contributed by atoms with Gasteiger partial charge in [-0.25, -0.2) is 0 Å². The smallest absolute Gasteiger partial charge is 0.324 e. The van der Waals surface area contributed by atoms with Gasteiger partial charge in [0, 0.05) is 35.9 Å². The van der Waals surface area contributed by atoms with E-state index in [4.69, 9.17) is 5.73 Å². The fourth-order valence-corrected chi connectivity index (χ4v) is 4.79. The third-order valence-corrected chi connectivity index (χ3v) is 6.07. The molecule has 0 aromatic carbocycles. The summed E-state index contributed by atoms with van der Waals surface area (Å²) in [6.07, 6.45) is 1.88. The summed E-state index contributed by atoms with van der Waals surface area (Å²) in [6, 6.07) is 9.02. The molecule has 0 spiro atoms. The molecule has 0 saturated heterocycles. The van der Waals surface area contributed by atoms with E-state index in [1.165, 1.54) is 6.07 Å². The standard InChI is InChI=1S/C17H14N6O2S/c1-22-5-4-10-11(6-18)16(21)17(8-19,9-20)15(12(10)7-22)13-2-3-14(26-13)23(24)25/h2-4,12,15H,5,7,21H2,1H3/t12-,15+/m1/s1. The van der Waals surface area contributed by atoms with E-state index in [1.807, 2.05) is 36.2 Å². The first-order valence-electron chi connectivity index (χ1n) is 7.75. The van der Waals surface area contributed by atoms with Gasteiger partial charge in [0.15, 0.2) is 5.41 Å². The molecule has 2 aliphatic rings. The zero-order chi connectivity index (χ0) is 19.1. The second-order valence-corrected chi connectivity index (χ2v) is 7.42. The summed E-state index contributed by atoms with van der Waals surface area (Å²) in [7, 11) is 1.90. The number of nitriles is 3. The van der Waals surface area contributed by atoms with Crippen molar-refractivity contribution in [3.8, 4) is 18.2 Å². The molecule has 0 saturated carbocycles. The van der Waals surface area contributed by atoms with Crippen molar-refractivity contribution >= 4 is 16.3 Å². The van der Waals surface area contributed by atoms with Crippen LogP contribution in [0.5, 0.6) is 0 Å². The van der Waals surface area contributed by atoms with Crippen molar-refractivity contribution < 1.29 is 4.92 Å². The normalized spacial score (nSPS) is 24.6. The monoisotopic (exact) mass is 366 g/mol. The van der Waals surface area contributed by atoms with Crippen molar-refractivity contribution in [3.63, 3.8) is 0 Å². The molecule has 130 valence electrons. The van der Waals surface area contributed by atoms with Crippen molar-refractivity contribution in [1.29, 1.82) is 15.8 Å². The molecular formula is C17H14N6O2S. The van der Waals surface area contributed by atoms with Gasteiger partial charge >= 0.3 is 5.00 Å². The maximum atomic E-state index is 11.1. The fraction of sp³-hybridized carbons (Fsp3) is 0.353. The van der Waals surface area contributed by atoms with E-state index in [2.05, 4.69) is 0 Å². The van der Waals surface area contributed by atoms with Gasteiger partial charge in [-0.2, -0.15) is 15.8 Å². The molecule has 3 rings (SSSR count). The first-order valence-corrected chi connectivity index (χ1v) is 8.57. The van der Waals surface area contributed by atoms with Crippen molar-refractivity contribution in [2.75, 3.05) is 20.1 Å². The van der Waals surface area contributed by atoms with E-state index < -0.39 is 16.3 Å². The Balaban J connectivity index is 2.30. The van der Waals surface area contributed by atoms with Gasteiger partial charge in [-0.1, -0.05) is 17.4 Å². The quantitative estimate of drug-likeness (QED) is 0.622. The maximum absolute atomic E-state index is 11.1. The molecule has 0 unspecified atom stereocenters. The van der Waals surface area contributed by atoms with Gasteiger partial charge in [0.05, 0.1) is 28.3 Å². The zero-order valence-electron chi connectivity index (χ0n) is 13.8. The van der Waals surface area contributed by atoms with Gasteiger partial charge in [0.1, 0.15) is 6.07 Å². The van der Waals surface area contributed by atoms with Crippen LogP contribution in [0, 0.1) is 55.4 Å². The predicted octanol–water partition coefficient (Wildman–Crippen LogP) is 2.01. The summed E-state index contributed by atoms with van der Waals surface area (Å²) >= 11 is 0.940. The summed E-state index contributed by atoms with van der Waals surface area (Å²) in [5.74, 6) is -1.00. The Morgan fingerprint density at radius 2 is 2.08 bits per heavy atom. The van der Waals surface area contributed by atoms with Gasteiger partial charge in [0.25, 0.3) is 0 Å². The summed E-state index contributed by atoms with van der Waals surface area (Å²) in [6.45, 7) is 1.14. The minimum atomic E-state index is -1.75. The minimum absolute atomic E-state index is 0.0619. The summed E-state index contributed by atoms with van der Waals surface area (Å²) in [5, 5.41) is 40.3. The summed E-state index contributed by atoms with van der Waals surface area (Å²) in [5.41, 5.74) is 5.22.